The van der Waals surface area contributed by atoms with E-state index >= 15 is 0 Å². The van der Waals surface area contributed by atoms with Gasteiger partial charge in [0.2, 0.25) is 0 Å². The summed E-state index contributed by atoms with van der Waals surface area (Å²) in [5.74, 6) is -1.07. The summed E-state index contributed by atoms with van der Waals surface area (Å²) in [7, 11) is 1.74. The largest absolute Gasteiger partial charge is 0.296 e. The smallest absolute Gasteiger partial charge is 0.187 e. The Kier molecular flexibility index (Phi) is 5.55. The number of ketones is 2. The van der Waals surface area contributed by atoms with Crippen molar-refractivity contribution in [1.29, 1.82) is 0 Å². The topological polar surface area (TPSA) is 37.4 Å². The maximum absolute atomic E-state index is 12.2. The van der Waals surface area contributed by atoms with Gasteiger partial charge in [0.05, 0.1) is 12.0 Å². The van der Waals surface area contributed by atoms with Crippen LogP contribution in [0.5, 0.6) is 0 Å². The first-order chi connectivity index (χ1) is 9.84. The summed E-state index contributed by atoms with van der Waals surface area (Å²) < 4.78 is 0. The molecular formula is C14H13Cl4NO2. The normalized spacial score (nSPS) is 22.4. The van der Waals surface area contributed by atoms with Gasteiger partial charge in [-0.1, -0.05) is 70.7 Å². The van der Waals surface area contributed by atoms with Crippen LogP contribution in [-0.2, 0) is 9.59 Å². The number of Topliss-reactive ketones (excluding diaryl/α,β-unsaturated/α-hetero) is 2. The highest BCUT2D eigenvalue weighted by molar-refractivity contribution is 6.54. The fraction of sp³-hybridized carbons (Fsp3) is 0.429. The van der Waals surface area contributed by atoms with Gasteiger partial charge in [-0.05, 0) is 18.2 Å². The third-order valence-electron chi connectivity index (χ3n) is 3.62. The van der Waals surface area contributed by atoms with E-state index in [4.69, 9.17) is 46.4 Å². The number of rotatable bonds is 4. The van der Waals surface area contributed by atoms with Crippen molar-refractivity contribution in [3.05, 3.63) is 35.4 Å². The predicted octanol–water partition coefficient (Wildman–Crippen LogP) is 3.50. The van der Waals surface area contributed by atoms with Gasteiger partial charge in [0.15, 0.2) is 21.2 Å². The quantitative estimate of drug-likeness (QED) is 0.763. The van der Waals surface area contributed by atoms with Gasteiger partial charge in [0.25, 0.3) is 0 Å². The number of carbonyl (C=O) groups excluding carboxylic acids is 2. The Balaban J connectivity index is 2.48. The number of nitrogens with zero attached hydrogens (tertiary/aromatic N) is 1. The summed E-state index contributed by atoms with van der Waals surface area (Å²) in [5.41, 5.74) is 1.47. The summed E-state index contributed by atoms with van der Waals surface area (Å²) in [5, 5.41) is 0. The van der Waals surface area contributed by atoms with E-state index in [0.29, 0.717) is 6.54 Å². The van der Waals surface area contributed by atoms with Gasteiger partial charge >= 0.3 is 0 Å². The van der Waals surface area contributed by atoms with Crippen molar-refractivity contribution < 1.29 is 9.59 Å². The van der Waals surface area contributed by atoms with Gasteiger partial charge in [0, 0.05) is 6.54 Å². The van der Waals surface area contributed by atoms with Gasteiger partial charge in [0.1, 0.15) is 0 Å². The number of benzene rings is 1. The van der Waals surface area contributed by atoms with Crippen molar-refractivity contribution >= 4 is 58.0 Å². The Morgan fingerprint density at radius 1 is 1.05 bits per heavy atom. The van der Waals surface area contributed by atoms with Crippen LogP contribution < -0.4 is 0 Å². The summed E-state index contributed by atoms with van der Waals surface area (Å²) in [6.45, 7) is 0.336. The first-order valence-corrected chi connectivity index (χ1v) is 8.02. The second-order valence-corrected chi connectivity index (χ2v) is 7.12. The second kappa shape index (κ2) is 6.84. The number of likely N-dealkylation sites (N-methyl/N-ethyl adjacent to an activating group) is 1. The molecule has 1 aromatic carbocycles. The van der Waals surface area contributed by atoms with E-state index in [0.717, 1.165) is 11.1 Å². The van der Waals surface area contributed by atoms with E-state index in [1.165, 1.54) is 0 Å². The van der Waals surface area contributed by atoms with E-state index in [-0.39, 0.29) is 11.6 Å². The van der Waals surface area contributed by atoms with Gasteiger partial charge < -0.3 is 0 Å². The van der Waals surface area contributed by atoms with Crippen LogP contribution >= 0.6 is 46.4 Å². The molecule has 21 heavy (non-hydrogen) atoms. The van der Waals surface area contributed by atoms with E-state index < -0.39 is 21.6 Å². The lowest BCUT2D eigenvalue weighted by atomic mass is 9.82. The number of halogens is 4. The van der Waals surface area contributed by atoms with Crippen LogP contribution in [0.4, 0.5) is 0 Å². The highest BCUT2D eigenvalue weighted by Crippen LogP contribution is 2.38. The second-order valence-electron chi connectivity index (χ2n) is 4.93. The predicted molar refractivity (Wildman–Crippen MR) is 85.6 cm³/mol. The molecule has 114 valence electrons. The number of carbonyl (C=O) groups is 2. The Labute approximate surface area is 143 Å². The average Bonchev–Trinajstić information content (AvgIpc) is 2.44. The minimum absolute atomic E-state index is 0.281. The minimum atomic E-state index is -1.12. The molecule has 0 amide bonds. The Morgan fingerprint density at radius 2 is 1.57 bits per heavy atom. The fourth-order valence-corrected chi connectivity index (χ4v) is 3.23. The molecule has 0 saturated heterocycles. The molecule has 1 aliphatic rings. The summed E-state index contributed by atoms with van der Waals surface area (Å²) >= 11 is 22.9. The van der Waals surface area contributed by atoms with Crippen LogP contribution in [0.15, 0.2) is 24.3 Å². The van der Waals surface area contributed by atoms with Crippen molar-refractivity contribution in [1.82, 2.24) is 4.90 Å². The molecule has 2 rings (SSSR count). The summed E-state index contributed by atoms with van der Waals surface area (Å²) in [6, 6.07) is 6.63. The Morgan fingerprint density at radius 3 is 2.10 bits per heavy atom. The lowest BCUT2D eigenvalue weighted by Crippen LogP contribution is -2.43. The zero-order chi connectivity index (χ0) is 15.7. The SMILES string of the molecule is CN1CC(C(=O)C(Cl)Cl)c2ccccc2C1C(=O)C(Cl)Cl. The zero-order valence-electron chi connectivity index (χ0n) is 11.1. The summed E-state index contributed by atoms with van der Waals surface area (Å²) in [4.78, 5) is 24.0. The number of hydrogen-bond donors (Lipinski definition) is 0. The van der Waals surface area contributed by atoms with Crippen LogP contribution in [0.1, 0.15) is 23.1 Å². The standard InChI is InChI=1S/C14H13Cl4NO2/c1-19-6-9(11(20)13(15)16)7-4-2-3-5-8(7)10(19)12(21)14(17)18/h2-5,9-10,13-14H,6H2,1H3. The molecule has 7 heteroatoms. The zero-order valence-corrected chi connectivity index (χ0v) is 14.1. The van der Waals surface area contributed by atoms with Gasteiger partial charge in [-0.2, -0.15) is 0 Å². The van der Waals surface area contributed by atoms with E-state index in [2.05, 4.69) is 0 Å². The third-order valence-corrected chi connectivity index (χ3v) is 4.48. The van der Waals surface area contributed by atoms with Crippen molar-refractivity contribution in [3.8, 4) is 0 Å². The van der Waals surface area contributed by atoms with Crippen LogP contribution in [0.3, 0.4) is 0 Å². The van der Waals surface area contributed by atoms with E-state index in [9.17, 15) is 9.59 Å². The van der Waals surface area contributed by atoms with Crippen molar-refractivity contribution in [2.45, 2.75) is 21.6 Å². The third kappa shape index (κ3) is 3.38. The Hall–Kier alpha value is -0.320. The number of alkyl halides is 4. The molecule has 0 fully saturated rings. The molecule has 0 bridgehead atoms. The molecule has 1 aliphatic heterocycles. The van der Waals surface area contributed by atoms with Crippen LogP contribution in [0, 0.1) is 0 Å². The molecule has 1 aromatic rings. The van der Waals surface area contributed by atoms with Crippen LogP contribution in [-0.4, -0.2) is 39.7 Å². The maximum Gasteiger partial charge on any atom is 0.187 e. The fourth-order valence-electron chi connectivity index (χ4n) is 2.69. The first kappa shape index (κ1) is 17.0. The van der Waals surface area contributed by atoms with Gasteiger partial charge in [-0.15, -0.1) is 0 Å². The maximum atomic E-state index is 12.2. The number of fused-ring (bicyclic) bond motifs is 1. The minimum Gasteiger partial charge on any atom is -0.296 e. The molecule has 0 spiro atoms. The molecule has 0 N–H and O–H groups in total. The molecule has 2 atom stereocenters. The van der Waals surface area contributed by atoms with Gasteiger partial charge in [-0.3, -0.25) is 14.5 Å². The molecule has 0 radical (unpaired) electrons. The molecule has 2 unspecified atom stereocenters. The molecule has 0 aliphatic carbocycles. The molecular weight excluding hydrogens is 356 g/mol. The van der Waals surface area contributed by atoms with E-state index in [1.807, 2.05) is 6.07 Å². The van der Waals surface area contributed by atoms with Gasteiger partial charge in [-0.25, -0.2) is 0 Å². The summed E-state index contributed by atoms with van der Waals surface area (Å²) in [6.07, 6.45) is 0. The lowest BCUT2D eigenvalue weighted by molar-refractivity contribution is -0.125. The molecule has 0 aromatic heterocycles. The lowest BCUT2D eigenvalue weighted by Gasteiger charge is -2.38. The highest BCUT2D eigenvalue weighted by atomic mass is 35.5. The van der Waals surface area contributed by atoms with Crippen molar-refractivity contribution in [2.75, 3.05) is 13.6 Å². The number of hydrogen-bond acceptors (Lipinski definition) is 3. The molecule has 3 nitrogen and oxygen atoms in total. The average molecular weight is 369 g/mol. The van der Waals surface area contributed by atoms with Crippen molar-refractivity contribution in [3.63, 3.8) is 0 Å². The highest BCUT2D eigenvalue weighted by Gasteiger charge is 2.40. The molecule has 1 heterocycles. The Bertz CT molecular complexity index is 562. The van der Waals surface area contributed by atoms with Crippen LogP contribution in [0.25, 0.3) is 0 Å². The van der Waals surface area contributed by atoms with Crippen molar-refractivity contribution in [2.24, 2.45) is 0 Å². The van der Waals surface area contributed by atoms with E-state index in [1.54, 1.807) is 30.1 Å². The monoisotopic (exact) mass is 367 g/mol. The molecule has 0 saturated carbocycles. The van der Waals surface area contributed by atoms with Crippen LogP contribution in [0.2, 0.25) is 0 Å². The first-order valence-electron chi connectivity index (χ1n) is 6.27.